The summed E-state index contributed by atoms with van der Waals surface area (Å²) in [6.45, 7) is 6.44. The fourth-order valence-electron chi connectivity index (χ4n) is 8.15. The second-order valence-electron chi connectivity index (χ2n) is 12.1. The molecule has 4 bridgehead atoms. The van der Waals surface area contributed by atoms with Gasteiger partial charge in [0.05, 0.1) is 11.1 Å². The summed E-state index contributed by atoms with van der Waals surface area (Å²) in [6.07, 6.45) is 13.4. The Morgan fingerprint density at radius 2 is 1.80 bits per heavy atom. The number of hydrogen-bond acceptors (Lipinski definition) is 5. The Hall–Kier alpha value is -1.34. The molecule has 190 valence electrons. The Bertz CT molecular complexity index is 1160. The Balaban J connectivity index is 1.21. The number of thioether (sulfide) groups is 1. The second-order valence-corrected chi connectivity index (χ2v) is 14.1. The van der Waals surface area contributed by atoms with Gasteiger partial charge in [-0.15, -0.1) is 11.3 Å². The van der Waals surface area contributed by atoms with Crippen LogP contribution in [-0.4, -0.2) is 27.3 Å². The van der Waals surface area contributed by atoms with Gasteiger partial charge in [0.1, 0.15) is 4.83 Å². The van der Waals surface area contributed by atoms with Crippen molar-refractivity contribution in [2.24, 2.45) is 23.2 Å². The molecule has 2 aromatic heterocycles. The van der Waals surface area contributed by atoms with Crippen molar-refractivity contribution in [2.45, 2.75) is 109 Å². The monoisotopic (exact) mass is 513 g/mol. The lowest BCUT2D eigenvalue weighted by atomic mass is 9.48. The number of aryl methyl sites for hydroxylation is 2. The van der Waals surface area contributed by atoms with Gasteiger partial charge in [0.15, 0.2) is 5.16 Å². The molecule has 0 aromatic carbocycles. The Morgan fingerprint density at radius 3 is 2.46 bits per heavy atom. The Kier molecular flexibility index (Phi) is 6.31. The van der Waals surface area contributed by atoms with Gasteiger partial charge in [0.25, 0.3) is 5.56 Å². The van der Waals surface area contributed by atoms with Gasteiger partial charge in [-0.25, -0.2) is 4.98 Å². The van der Waals surface area contributed by atoms with Crippen molar-refractivity contribution in [3.8, 4) is 0 Å². The molecule has 4 fully saturated rings. The summed E-state index contributed by atoms with van der Waals surface area (Å²) in [5.74, 6) is 3.04. The number of carbonyl (C=O) groups is 1. The van der Waals surface area contributed by atoms with E-state index in [9.17, 15) is 9.59 Å². The molecule has 1 amide bonds. The van der Waals surface area contributed by atoms with Crippen molar-refractivity contribution in [1.29, 1.82) is 0 Å². The van der Waals surface area contributed by atoms with E-state index in [0.29, 0.717) is 16.3 Å². The molecule has 0 aliphatic heterocycles. The third kappa shape index (κ3) is 4.18. The zero-order valence-electron chi connectivity index (χ0n) is 21.4. The standard InChI is InChI=1S/C28H39N3O2S2/c1-4-16(2)31-26(33)24-21-7-5-6-8-22(21)35-25(24)30-27(31)34-15-23(32)29-17(3)28-12-18-9-19(13-28)11-20(10-18)14-28/h16-20H,4-15H2,1-3H3,(H,29,32)/t16-,17-,18?,19?,20?,28?/m1/s1. The number of thiophene rings is 1. The molecule has 2 aromatic rings. The van der Waals surface area contributed by atoms with E-state index >= 15 is 0 Å². The maximum Gasteiger partial charge on any atom is 0.263 e. The third-order valence-electron chi connectivity index (χ3n) is 9.73. The van der Waals surface area contributed by atoms with Crippen molar-refractivity contribution < 1.29 is 4.79 Å². The number of fused-ring (bicyclic) bond motifs is 3. The van der Waals surface area contributed by atoms with Gasteiger partial charge in [-0.1, -0.05) is 18.7 Å². The molecule has 7 heteroatoms. The highest BCUT2D eigenvalue weighted by atomic mass is 32.2. The van der Waals surface area contributed by atoms with Crippen LogP contribution < -0.4 is 10.9 Å². The maximum absolute atomic E-state index is 13.7. The highest BCUT2D eigenvalue weighted by Gasteiger charge is 2.53. The number of nitrogens with one attached hydrogen (secondary N) is 1. The van der Waals surface area contributed by atoms with E-state index < -0.39 is 0 Å². The minimum Gasteiger partial charge on any atom is -0.352 e. The van der Waals surface area contributed by atoms with Crippen LogP contribution >= 0.6 is 23.1 Å². The molecule has 7 rings (SSSR count). The SMILES string of the molecule is CC[C@@H](C)n1c(SCC(=O)N[C@H](C)C23CC4CC(CC(C4)C2)C3)nc2sc3c(c2c1=O)CCCC3. The summed E-state index contributed by atoms with van der Waals surface area (Å²) in [4.78, 5) is 34.0. The molecule has 0 spiro atoms. The summed E-state index contributed by atoms with van der Waals surface area (Å²) >= 11 is 3.13. The van der Waals surface area contributed by atoms with E-state index in [1.807, 2.05) is 4.57 Å². The smallest absolute Gasteiger partial charge is 0.263 e. The summed E-state index contributed by atoms with van der Waals surface area (Å²) in [5, 5.41) is 4.93. The van der Waals surface area contributed by atoms with Crippen LogP contribution in [0.1, 0.15) is 95.0 Å². The van der Waals surface area contributed by atoms with Crippen LogP contribution in [-0.2, 0) is 17.6 Å². The van der Waals surface area contributed by atoms with E-state index in [1.165, 1.54) is 67.1 Å². The van der Waals surface area contributed by atoms with E-state index in [0.717, 1.165) is 53.7 Å². The quantitative estimate of drug-likeness (QED) is 0.358. The number of nitrogens with zero attached hydrogens (tertiary/aromatic N) is 2. The van der Waals surface area contributed by atoms with Gasteiger partial charge in [0, 0.05) is 17.0 Å². The fraction of sp³-hybridized carbons (Fsp3) is 0.750. The van der Waals surface area contributed by atoms with E-state index in [2.05, 4.69) is 26.1 Å². The van der Waals surface area contributed by atoms with Gasteiger partial charge in [-0.3, -0.25) is 14.2 Å². The summed E-state index contributed by atoms with van der Waals surface area (Å²) in [5.41, 5.74) is 1.64. The van der Waals surface area contributed by atoms with Crippen molar-refractivity contribution in [3.63, 3.8) is 0 Å². The number of hydrogen-bond donors (Lipinski definition) is 1. The molecule has 2 atom stereocenters. The second kappa shape index (κ2) is 9.20. The van der Waals surface area contributed by atoms with Crippen LogP contribution in [0.25, 0.3) is 10.2 Å². The predicted octanol–water partition coefficient (Wildman–Crippen LogP) is 6.12. The van der Waals surface area contributed by atoms with Crippen LogP contribution in [0.15, 0.2) is 9.95 Å². The minimum atomic E-state index is 0.0649. The molecule has 0 unspecified atom stereocenters. The number of rotatable bonds is 7. The lowest BCUT2D eigenvalue weighted by Gasteiger charge is -2.59. The number of aromatic nitrogens is 2. The maximum atomic E-state index is 13.7. The first-order valence-electron chi connectivity index (χ1n) is 13.9. The Morgan fingerprint density at radius 1 is 1.14 bits per heavy atom. The van der Waals surface area contributed by atoms with Crippen LogP contribution in [0.4, 0.5) is 0 Å². The molecule has 0 saturated heterocycles. The van der Waals surface area contributed by atoms with E-state index in [4.69, 9.17) is 4.98 Å². The molecule has 4 saturated carbocycles. The van der Waals surface area contributed by atoms with Crippen molar-refractivity contribution in [1.82, 2.24) is 14.9 Å². The lowest BCUT2D eigenvalue weighted by Crippen LogP contribution is -2.56. The Labute approximate surface area is 216 Å². The van der Waals surface area contributed by atoms with Crippen molar-refractivity contribution in [3.05, 3.63) is 20.8 Å². The fourth-order valence-corrected chi connectivity index (χ4v) is 10.4. The molecule has 1 N–H and O–H groups in total. The van der Waals surface area contributed by atoms with Crippen molar-refractivity contribution in [2.75, 3.05) is 5.75 Å². The topological polar surface area (TPSA) is 64.0 Å². The van der Waals surface area contributed by atoms with Gasteiger partial charge in [0.2, 0.25) is 5.91 Å². The van der Waals surface area contributed by atoms with Crippen LogP contribution in [0, 0.1) is 23.2 Å². The molecule has 5 aliphatic carbocycles. The lowest BCUT2D eigenvalue weighted by molar-refractivity contribution is -0.123. The average molecular weight is 514 g/mol. The third-order valence-corrected chi connectivity index (χ3v) is 11.9. The number of carbonyl (C=O) groups excluding carboxylic acids is 1. The molecule has 5 nitrogen and oxygen atoms in total. The zero-order valence-corrected chi connectivity index (χ0v) is 23.0. The predicted molar refractivity (Wildman–Crippen MR) is 144 cm³/mol. The molecule has 35 heavy (non-hydrogen) atoms. The van der Waals surface area contributed by atoms with Gasteiger partial charge in [-0.05, 0) is 113 Å². The first-order chi connectivity index (χ1) is 16.9. The van der Waals surface area contributed by atoms with Gasteiger partial charge < -0.3 is 5.32 Å². The summed E-state index contributed by atoms with van der Waals surface area (Å²) < 4.78 is 1.87. The van der Waals surface area contributed by atoms with E-state index in [-0.39, 0.29) is 23.6 Å². The van der Waals surface area contributed by atoms with Gasteiger partial charge in [-0.2, -0.15) is 0 Å². The first-order valence-corrected chi connectivity index (χ1v) is 15.7. The molecule has 0 radical (unpaired) electrons. The largest absolute Gasteiger partial charge is 0.352 e. The molecular weight excluding hydrogens is 474 g/mol. The van der Waals surface area contributed by atoms with Crippen molar-refractivity contribution >= 4 is 39.2 Å². The number of amides is 1. The zero-order chi connectivity index (χ0) is 24.3. The highest BCUT2D eigenvalue weighted by molar-refractivity contribution is 7.99. The average Bonchev–Trinajstić information content (AvgIpc) is 3.20. The van der Waals surface area contributed by atoms with Gasteiger partial charge >= 0.3 is 0 Å². The molecular formula is C28H39N3O2S2. The molecule has 2 heterocycles. The van der Waals surface area contributed by atoms with Crippen LogP contribution in [0.2, 0.25) is 0 Å². The van der Waals surface area contributed by atoms with Crippen LogP contribution in [0.3, 0.4) is 0 Å². The normalized spacial score (nSPS) is 30.9. The van der Waals surface area contributed by atoms with Crippen LogP contribution in [0.5, 0.6) is 0 Å². The highest BCUT2D eigenvalue weighted by Crippen LogP contribution is 2.61. The minimum absolute atomic E-state index is 0.0649. The first kappa shape index (κ1) is 24.0. The van der Waals surface area contributed by atoms with E-state index in [1.54, 1.807) is 11.3 Å². The summed E-state index contributed by atoms with van der Waals surface area (Å²) in [7, 11) is 0. The summed E-state index contributed by atoms with van der Waals surface area (Å²) in [6, 6.07) is 0.287. The molecule has 5 aliphatic rings.